The minimum Gasteiger partial charge on any atom is -0.497 e. The normalized spacial score (nSPS) is 10.3. The Kier molecular flexibility index (Phi) is 4.15. The fraction of sp³-hybridized carbons (Fsp3) is 0.200. The molecule has 0 spiro atoms. The van der Waals surface area contributed by atoms with Crippen LogP contribution in [0.3, 0.4) is 0 Å². The Morgan fingerprint density at radius 2 is 1.72 bits per heavy atom. The summed E-state index contributed by atoms with van der Waals surface area (Å²) in [5, 5.41) is 0. The van der Waals surface area contributed by atoms with E-state index in [1.807, 2.05) is 18.2 Å². The van der Waals surface area contributed by atoms with Crippen molar-refractivity contribution in [1.29, 1.82) is 0 Å². The van der Waals surface area contributed by atoms with Crippen molar-refractivity contribution >= 4 is 17.4 Å². The number of anilines is 1. The van der Waals surface area contributed by atoms with Gasteiger partial charge in [-0.2, -0.15) is 0 Å². The van der Waals surface area contributed by atoms with Gasteiger partial charge in [-0.1, -0.05) is 18.7 Å². The van der Waals surface area contributed by atoms with E-state index in [4.69, 9.17) is 10.5 Å². The second-order valence-corrected chi connectivity index (χ2v) is 5.14. The van der Waals surface area contributed by atoms with Gasteiger partial charge in [0.1, 0.15) is 5.75 Å². The number of rotatable bonds is 4. The highest BCUT2D eigenvalue weighted by Crippen LogP contribution is 2.31. The van der Waals surface area contributed by atoms with Crippen LogP contribution >= 0.6 is 11.8 Å². The van der Waals surface area contributed by atoms with Gasteiger partial charge in [0.2, 0.25) is 0 Å². The number of nitrogen functional groups attached to an aromatic ring is 1. The fourth-order valence-corrected chi connectivity index (χ4v) is 2.61. The Morgan fingerprint density at radius 1 is 1.06 bits per heavy atom. The number of benzene rings is 2. The quantitative estimate of drug-likeness (QED) is 0.843. The zero-order valence-corrected chi connectivity index (χ0v) is 11.5. The van der Waals surface area contributed by atoms with E-state index >= 15 is 0 Å². The second kappa shape index (κ2) is 5.83. The SMILES string of the molecule is CCc1cc(Sc2ccc(OC)cc2)ccc1N. The molecule has 2 nitrogen and oxygen atoms in total. The lowest BCUT2D eigenvalue weighted by molar-refractivity contribution is 0.414. The Morgan fingerprint density at radius 3 is 2.33 bits per heavy atom. The highest BCUT2D eigenvalue weighted by Gasteiger charge is 2.02. The van der Waals surface area contributed by atoms with E-state index in [0.29, 0.717) is 0 Å². The lowest BCUT2D eigenvalue weighted by Gasteiger charge is -2.07. The largest absolute Gasteiger partial charge is 0.497 e. The topological polar surface area (TPSA) is 35.2 Å². The van der Waals surface area contributed by atoms with Crippen molar-refractivity contribution < 1.29 is 4.74 Å². The first kappa shape index (κ1) is 12.8. The number of nitrogens with two attached hydrogens (primary N) is 1. The minimum absolute atomic E-state index is 0.872. The Hall–Kier alpha value is -1.61. The molecule has 94 valence electrons. The summed E-state index contributed by atoms with van der Waals surface area (Å²) in [6, 6.07) is 14.3. The lowest BCUT2D eigenvalue weighted by Crippen LogP contribution is -1.92. The van der Waals surface area contributed by atoms with Crippen LogP contribution in [0.2, 0.25) is 0 Å². The van der Waals surface area contributed by atoms with Crippen molar-refractivity contribution in [3.63, 3.8) is 0 Å². The number of hydrogen-bond donors (Lipinski definition) is 1. The van der Waals surface area contributed by atoms with E-state index in [2.05, 4.69) is 31.2 Å². The zero-order valence-electron chi connectivity index (χ0n) is 10.6. The highest BCUT2D eigenvalue weighted by atomic mass is 32.2. The van der Waals surface area contributed by atoms with Gasteiger partial charge in [0.05, 0.1) is 7.11 Å². The molecule has 2 N–H and O–H groups in total. The molecule has 0 saturated carbocycles. The van der Waals surface area contributed by atoms with Crippen LogP contribution in [-0.4, -0.2) is 7.11 Å². The first-order chi connectivity index (χ1) is 8.72. The third kappa shape index (κ3) is 2.99. The summed E-state index contributed by atoms with van der Waals surface area (Å²) < 4.78 is 5.15. The molecule has 0 aliphatic rings. The van der Waals surface area contributed by atoms with Crippen LogP contribution in [0.15, 0.2) is 52.3 Å². The van der Waals surface area contributed by atoms with E-state index in [-0.39, 0.29) is 0 Å². The molecule has 0 aromatic heterocycles. The third-order valence-corrected chi connectivity index (χ3v) is 3.79. The van der Waals surface area contributed by atoms with Gasteiger partial charge in [-0.15, -0.1) is 0 Å². The molecular formula is C15H17NOS. The summed E-state index contributed by atoms with van der Waals surface area (Å²) in [6.07, 6.45) is 0.961. The van der Waals surface area contributed by atoms with E-state index in [0.717, 1.165) is 17.9 Å². The summed E-state index contributed by atoms with van der Waals surface area (Å²) in [5.41, 5.74) is 7.98. The highest BCUT2D eigenvalue weighted by molar-refractivity contribution is 7.99. The van der Waals surface area contributed by atoms with Crippen LogP contribution in [0.1, 0.15) is 12.5 Å². The molecule has 0 saturated heterocycles. The molecule has 0 bridgehead atoms. The van der Waals surface area contributed by atoms with Crippen molar-refractivity contribution in [1.82, 2.24) is 0 Å². The van der Waals surface area contributed by atoms with Gasteiger partial charge >= 0.3 is 0 Å². The lowest BCUT2D eigenvalue weighted by atomic mass is 10.1. The van der Waals surface area contributed by atoms with Crippen LogP contribution in [0, 0.1) is 0 Å². The maximum atomic E-state index is 5.91. The standard InChI is InChI=1S/C15H17NOS/c1-3-11-10-14(8-9-15(11)16)18-13-6-4-12(17-2)5-7-13/h4-10H,3,16H2,1-2H3. The molecule has 18 heavy (non-hydrogen) atoms. The van der Waals surface area contributed by atoms with Crippen molar-refractivity contribution in [2.24, 2.45) is 0 Å². The maximum Gasteiger partial charge on any atom is 0.118 e. The van der Waals surface area contributed by atoms with Gasteiger partial charge in [0, 0.05) is 15.5 Å². The molecular weight excluding hydrogens is 242 g/mol. The molecule has 0 aliphatic carbocycles. The third-order valence-electron chi connectivity index (χ3n) is 2.79. The first-order valence-corrected chi connectivity index (χ1v) is 6.75. The van der Waals surface area contributed by atoms with Crippen LogP contribution in [-0.2, 0) is 6.42 Å². The van der Waals surface area contributed by atoms with Gasteiger partial charge in [-0.3, -0.25) is 0 Å². The molecule has 0 radical (unpaired) electrons. The molecule has 0 fully saturated rings. The number of ether oxygens (including phenoxy) is 1. The maximum absolute atomic E-state index is 5.91. The summed E-state index contributed by atoms with van der Waals surface area (Å²) >= 11 is 1.73. The number of methoxy groups -OCH3 is 1. The summed E-state index contributed by atoms with van der Waals surface area (Å²) in [6.45, 7) is 2.12. The Labute approximate surface area is 112 Å². The monoisotopic (exact) mass is 259 g/mol. The van der Waals surface area contributed by atoms with Gasteiger partial charge in [-0.05, 0) is 54.4 Å². The molecule has 0 amide bonds. The van der Waals surface area contributed by atoms with E-state index < -0.39 is 0 Å². The van der Waals surface area contributed by atoms with Gasteiger partial charge in [-0.25, -0.2) is 0 Å². The predicted molar refractivity (Wildman–Crippen MR) is 77.3 cm³/mol. The van der Waals surface area contributed by atoms with Gasteiger partial charge in [0.15, 0.2) is 0 Å². The Bertz CT molecular complexity index is 523. The molecule has 0 atom stereocenters. The number of aryl methyl sites for hydroxylation is 1. The van der Waals surface area contributed by atoms with E-state index in [1.54, 1.807) is 18.9 Å². The van der Waals surface area contributed by atoms with Gasteiger partial charge < -0.3 is 10.5 Å². The van der Waals surface area contributed by atoms with E-state index in [1.165, 1.54) is 15.4 Å². The van der Waals surface area contributed by atoms with E-state index in [9.17, 15) is 0 Å². The summed E-state index contributed by atoms with van der Waals surface area (Å²) in [5.74, 6) is 0.880. The average Bonchev–Trinajstić information content (AvgIpc) is 2.42. The zero-order chi connectivity index (χ0) is 13.0. The van der Waals surface area contributed by atoms with Crippen LogP contribution in [0.4, 0.5) is 5.69 Å². The van der Waals surface area contributed by atoms with Crippen molar-refractivity contribution in [2.45, 2.75) is 23.1 Å². The second-order valence-electron chi connectivity index (χ2n) is 3.99. The van der Waals surface area contributed by atoms with Crippen molar-refractivity contribution in [3.05, 3.63) is 48.0 Å². The molecule has 2 aromatic carbocycles. The molecule has 0 unspecified atom stereocenters. The molecule has 2 aromatic rings. The number of hydrogen-bond acceptors (Lipinski definition) is 3. The summed E-state index contributed by atoms with van der Waals surface area (Å²) in [4.78, 5) is 2.41. The Balaban J connectivity index is 2.17. The van der Waals surface area contributed by atoms with Crippen LogP contribution in [0.25, 0.3) is 0 Å². The molecule has 0 aliphatic heterocycles. The van der Waals surface area contributed by atoms with Crippen LogP contribution in [0.5, 0.6) is 5.75 Å². The van der Waals surface area contributed by atoms with Gasteiger partial charge in [0.25, 0.3) is 0 Å². The average molecular weight is 259 g/mol. The fourth-order valence-electron chi connectivity index (χ4n) is 1.73. The van der Waals surface area contributed by atoms with Crippen molar-refractivity contribution in [2.75, 3.05) is 12.8 Å². The molecule has 3 heteroatoms. The van der Waals surface area contributed by atoms with Crippen molar-refractivity contribution in [3.8, 4) is 5.75 Å². The smallest absolute Gasteiger partial charge is 0.118 e. The predicted octanol–water partition coefficient (Wildman–Crippen LogP) is 3.99. The molecule has 2 rings (SSSR count). The molecule has 0 heterocycles. The van der Waals surface area contributed by atoms with Crippen LogP contribution < -0.4 is 10.5 Å². The summed E-state index contributed by atoms with van der Waals surface area (Å²) in [7, 11) is 1.68. The first-order valence-electron chi connectivity index (χ1n) is 5.93. The minimum atomic E-state index is 0.872.